The van der Waals surface area contributed by atoms with Crippen LogP contribution in [0.1, 0.15) is 36.9 Å². The van der Waals surface area contributed by atoms with Crippen molar-refractivity contribution in [2.45, 2.75) is 38.6 Å². The minimum Gasteiger partial charge on any atom is -0.336 e. The fourth-order valence-electron chi connectivity index (χ4n) is 4.37. The number of fused-ring (bicyclic) bond motifs is 1. The number of nitrogens with one attached hydrogen (secondary N) is 1. The van der Waals surface area contributed by atoms with Crippen molar-refractivity contribution in [3.63, 3.8) is 0 Å². The van der Waals surface area contributed by atoms with Crippen LogP contribution in [-0.2, 0) is 17.8 Å². The average Bonchev–Trinajstić information content (AvgIpc) is 3.38. The van der Waals surface area contributed by atoms with Crippen LogP contribution < -0.4 is 5.56 Å². The maximum absolute atomic E-state index is 12.8. The Bertz CT molecular complexity index is 901. The number of carbonyl (C=O) groups is 1. The topological polar surface area (TPSA) is 79.0 Å². The molecule has 6 heteroatoms. The molecule has 1 N–H and O–H groups in total. The van der Waals surface area contributed by atoms with Gasteiger partial charge >= 0.3 is 0 Å². The second-order valence-corrected chi connectivity index (χ2v) is 7.56. The van der Waals surface area contributed by atoms with Gasteiger partial charge in [0.05, 0.1) is 12.2 Å². The third-order valence-electron chi connectivity index (χ3n) is 6.16. The largest absolute Gasteiger partial charge is 0.336 e. The van der Waals surface area contributed by atoms with E-state index in [4.69, 9.17) is 0 Å². The van der Waals surface area contributed by atoms with Gasteiger partial charge < -0.3 is 9.88 Å². The van der Waals surface area contributed by atoms with E-state index in [-0.39, 0.29) is 17.4 Å². The highest BCUT2D eigenvalue weighted by molar-refractivity contribution is 5.83. The SMILES string of the molecule is O=C(C1CC12CCC2)N1CCc2c(nc(-c3cccnc3)[nH]c2=O)C1. The van der Waals surface area contributed by atoms with E-state index in [0.29, 0.717) is 36.3 Å². The summed E-state index contributed by atoms with van der Waals surface area (Å²) in [5.41, 5.74) is 2.45. The Morgan fingerprint density at radius 2 is 2.24 bits per heavy atom. The van der Waals surface area contributed by atoms with E-state index in [9.17, 15) is 9.59 Å². The second-order valence-electron chi connectivity index (χ2n) is 7.56. The molecule has 1 unspecified atom stereocenters. The van der Waals surface area contributed by atoms with Crippen molar-refractivity contribution in [2.75, 3.05) is 6.54 Å². The maximum Gasteiger partial charge on any atom is 0.254 e. The van der Waals surface area contributed by atoms with Gasteiger partial charge in [0, 0.05) is 36.0 Å². The van der Waals surface area contributed by atoms with Crippen LogP contribution in [0.3, 0.4) is 0 Å². The fraction of sp³-hybridized carbons (Fsp3) is 0.474. The predicted octanol–water partition coefficient (Wildman–Crippen LogP) is 1.91. The lowest BCUT2D eigenvalue weighted by atomic mass is 9.79. The molecule has 2 aromatic rings. The minimum absolute atomic E-state index is 0.0992. The minimum atomic E-state index is -0.0992. The number of hydrogen-bond donors (Lipinski definition) is 1. The maximum atomic E-state index is 12.8. The van der Waals surface area contributed by atoms with Gasteiger partial charge in [-0.1, -0.05) is 6.42 Å². The van der Waals surface area contributed by atoms with E-state index < -0.39 is 0 Å². The van der Waals surface area contributed by atoms with Gasteiger partial charge in [-0.05, 0) is 43.2 Å². The average molecular weight is 336 g/mol. The highest BCUT2D eigenvalue weighted by Gasteiger charge is 2.61. The van der Waals surface area contributed by atoms with Crippen LogP contribution in [0.4, 0.5) is 0 Å². The summed E-state index contributed by atoms with van der Waals surface area (Å²) in [7, 11) is 0. The van der Waals surface area contributed by atoms with Crippen molar-refractivity contribution in [1.82, 2.24) is 19.9 Å². The number of H-pyrrole nitrogens is 1. The molecule has 2 saturated carbocycles. The third-order valence-corrected chi connectivity index (χ3v) is 6.16. The molecular formula is C19H20N4O2. The van der Waals surface area contributed by atoms with Gasteiger partial charge in [-0.15, -0.1) is 0 Å². The quantitative estimate of drug-likeness (QED) is 0.908. The number of hydrogen-bond acceptors (Lipinski definition) is 4. The van der Waals surface area contributed by atoms with E-state index in [1.165, 1.54) is 19.3 Å². The zero-order chi connectivity index (χ0) is 17.0. The molecule has 25 heavy (non-hydrogen) atoms. The Labute approximate surface area is 145 Å². The molecule has 2 aliphatic carbocycles. The van der Waals surface area contributed by atoms with Crippen molar-refractivity contribution in [3.8, 4) is 11.4 Å². The molecule has 2 fully saturated rings. The van der Waals surface area contributed by atoms with E-state index in [1.807, 2.05) is 17.0 Å². The van der Waals surface area contributed by atoms with Crippen LogP contribution in [0, 0.1) is 11.3 Å². The number of amides is 1. The van der Waals surface area contributed by atoms with Crippen LogP contribution >= 0.6 is 0 Å². The van der Waals surface area contributed by atoms with Gasteiger partial charge in [0.15, 0.2) is 0 Å². The smallest absolute Gasteiger partial charge is 0.254 e. The number of nitrogens with zero attached hydrogens (tertiary/aromatic N) is 3. The first kappa shape index (κ1) is 14.8. The fourth-order valence-corrected chi connectivity index (χ4v) is 4.37. The molecule has 0 radical (unpaired) electrons. The van der Waals surface area contributed by atoms with Crippen LogP contribution in [0.15, 0.2) is 29.3 Å². The molecule has 5 rings (SSSR count). The monoisotopic (exact) mass is 336 g/mol. The van der Waals surface area contributed by atoms with Gasteiger partial charge in [-0.2, -0.15) is 0 Å². The lowest BCUT2D eigenvalue weighted by Gasteiger charge is -2.31. The molecule has 1 spiro atoms. The third kappa shape index (κ3) is 2.31. The van der Waals surface area contributed by atoms with Gasteiger partial charge in [0.1, 0.15) is 5.82 Å². The Balaban J connectivity index is 1.42. The van der Waals surface area contributed by atoms with Gasteiger partial charge in [-0.25, -0.2) is 4.98 Å². The number of carbonyl (C=O) groups excluding carboxylic acids is 1. The van der Waals surface area contributed by atoms with Crippen molar-refractivity contribution in [3.05, 3.63) is 46.1 Å². The van der Waals surface area contributed by atoms with Gasteiger partial charge in [-0.3, -0.25) is 14.6 Å². The molecule has 0 bridgehead atoms. The summed E-state index contributed by atoms with van der Waals surface area (Å²) in [5, 5.41) is 0. The molecule has 1 amide bonds. The van der Waals surface area contributed by atoms with Crippen molar-refractivity contribution >= 4 is 5.91 Å². The van der Waals surface area contributed by atoms with E-state index in [1.54, 1.807) is 12.4 Å². The molecule has 3 heterocycles. The van der Waals surface area contributed by atoms with E-state index in [2.05, 4.69) is 15.0 Å². The summed E-state index contributed by atoms with van der Waals surface area (Å²) in [5.74, 6) is 0.992. The standard InChI is InChI=1S/C19H20N4O2/c24-17-13-4-8-23(18(25)14-9-19(14)5-2-6-19)11-15(13)21-16(22-17)12-3-1-7-20-10-12/h1,3,7,10,14H,2,4-6,8-9,11H2,(H,21,22,24). The van der Waals surface area contributed by atoms with Crippen LogP contribution in [0.5, 0.6) is 0 Å². The van der Waals surface area contributed by atoms with Crippen molar-refractivity contribution in [2.24, 2.45) is 11.3 Å². The van der Waals surface area contributed by atoms with Crippen LogP contribution in [-0.4, -0.2) is 32.3 Å². The summed E-state index contributed by atoms with van der Waals surface area (Å²) in [6, 6.07) is 3.68. The lowest BCUT2D eigenvalue weighted by molar-refractivity contribution is -0.135. The molecule has 1 atom stereocenters. The molecule has 3 aliphatic rings. The summed E-state index contributed by atoms with van der Waals surface area (Å²) in [6.45, 7) is 1.06. The Morgan fingerprint density at radius 1 is 1.36 bits per heavy atom. The molecule has 6 nitrogen and oxygen atoms in total. The highest BCUT2D eigenvalue weighted by Crippen LogP contribution is 2.66. The van der Waals surface area contributed by atoms with Crippen LogP contribution in [0.2, 0.25) is 0 Å². The lowest BCUT2D eigenvalue weighted by Crippen LogP contribution is -2.41. The van der Waals surface area contributed by atoms with Crippen LogP contribution in [0.25, 0.3) is 11.4 Å². The van der Waals surface area contributed by atoms with Gasteiger partial charge in [0.2, 0.25) is 5.91 Å². The summed E-state index contributed by atoms with van der Waals surface area (Å²) < 4.78 is 0. The molecule has 2 aromatic heterocycles. The molecular weight excluding hydrogens is 316 g/mol. The molecule has 1 aliphatic heterocycles. The number of aromatic amines is 1. The normalized spacial score (nSPS) is 23.0. The second kappa shape index (κ2) is 5.25. The zero-order valence-electron chi connectivity index (χ0n) is 14.0. The van der Waals surface area contributed by atoms with Crippen molar-refractivity contribution < 1.29 is 4.79 Å². The van der Waals surface area contributed by atoms with E-state index in [0.717, 1.165) is 17.7 Å². The zero-order valence-corrected chi connectivity index (χ0v) is 14.0. The molecule has 0 saturated heterocycles. The molecule has 128 valence electrons. The number of rotatable bonds is 2. The Morgan fingerprint density at radius 3 is 2.92 bits per heavy atom. The highest BCUT2D eigenvalue weighted by atomic mass is 16.2. The first-order chi connectivity index (χ1) is 12.2. The number of aromatic nitrogens is 3. The molecule has 0 aromatic carbocycles. The predicted molar refractivity (Wildman–Crippen MR) is 91.6 cm³/mol. The Kier molecular flexibility index (Phi) is 3.11. The first-order valence-electron chi connectivity index (χ1n) is 8.98. The summed E-state index contributed by atoms with van der Waals surface area (Å²) in [6.07, 6.45) is 8.68. The van der Waals surface area contributed by atoms with Crippen molar-refractivity contribution in [1.29, 1.82) is 0 Å². The van der Waals surface area contributed by atoms with Gasteiger partial charge in [0.25, 0.3) is 5.56 Å². The first-order valence-corrected chi connectivity index (χ1v) is 8.98. The summed E-state index contributed by atoms with van der Waals surface area (Å²) >= 11 is 0. The summed E-state index contributed by atoms with van der Waals surface area (Å²) in [4.78, 5) is 38.7. The Hall–Kier alpha value is -2.50. The van der Waals surface area contributed by atoms with E-state index >= 15 is 0 Å². The number of pyridine rings is 1.